The average molecular weight is 284 g/mol. The molecule has 0 radical (unpaired) electrons. The van der Waals surface area contributed by atoms with Crippen molar-refractivity contribution in [3.63, 3.8) is 0 Å². The first kappa shape index (κ1) is 15.3. The van der Waals surface area contributed by atoms with E-state index in [0.717, 1.165) is 12.1 Å². The molecule has 0 spiro atoms. The SMILES string of the molecule is Cc1cc(F)c(NC(=O)NC(=O)/C=C/C(=O)O)cc1F. The van der Waals surface area contributed by atoms with Gasteiger partial charge in [0.1, 0.15) is 11.6 Å². The van der Waals surface area contributed by atoms with Crippen LogP contribution in [-0.4, -0.2) is 23.0 Å². The number of anilines is 1. The number of benzene rings is 1. The van der Waals surface area contributed by atoms with Crippen molar-refractivity contribution in [2.75, 3.05) is 5.32 Å². The van der Waals surface area contributed by atoms with Gasteiger partial charge in [-0.2, -0.15) is 0 Å². The van der Waals surface area contributed by atoms with Gasteiger partial charge in [0.25, 0.3) is 5.91 Å². The quantitative estimate of drug-likeness (QED) is 0.734. The normalized spacial score (nSPS) is 10.3. The number of halogens is 2. The first-order chi connectivity index (χ1) is 9.29. The summed E-state index contributed by atoms with van der Waals surface area (Å²) in [6, 6.07) is 0.533. The molecule has 3 amide bonds. The van der Waals surface area contributed by atoms with Gasteiger partial charge in [-0.05, 0) is 18.6 Å². The summed E-state index contributed by atoms with van der Waals surface area (Å²) < 4.78 is 26.6. The Morgan fingerprint density at radius 1 is 1.15 bits per heavy atom. The number of carbonyl (C=O) groups is 3. The van der Waals surface area contributed by atoms with Crippen molar-refractivity contribution in [2.45, 2.75) is 6.92 Å². The number of carboxylic acid groups (broad SMARTS) is 1. The van der Waals surface area contributed by atoms with E-state index in [1.807, 2.05) is 5.32 Å². The molecule has 1 aromatic rings. The van der Waals surface area contributed by atoms with Crippen LogP contribution in [-0.2, 0) is 9.59 Å². The summed E-state index contributed by atoms with van der Waals surface area (Å²) in [6.45, 7) is 1.35. The number of aliphatic carboxylic acids is 1. The maximum Gasteiger partial charge on any atom is 0.328 e. The number of carboxylic acids is 1. The number of rotatable bonds is 3. The molecule has 0 saturated carbocycles. The first-order valence-electron chi connectivity index (χ1n) is 5.28. The second-order valence-electron chi connectivity index (χ2n) is 3.70. The third-order valence-electron chi connectivity index (χ3n) is 2.11. The summed E-state index contributed by atoms with van der Waals surface area (Å²) in [5.74, 6) is -3.98. The van der Waals surface area contributed by atoms with Crippen LogP contribution < -0.4 is 10.6 Å². The van der Waals surface area contributed by atoms with Gasteiger partial charge >= 0.3 is 12.0 Å². The molecule has 0 saturated heterocycles. The monoisotopic (exact) mass is 284 g/mol. The Labute approximate surface area is 112 Å². The maximum atomic E-state index is 13.4. The fourth-order valence-corrected chi connectivity index (χ4v) is 1.20. The van der Waals surface area contributed by atoms with Crippen molar-refractivity contribution < 1.29 is 28.3 Å². The number of hydrogen-bond acceptors (Lipinski definition) is 3. The summed E-state index contributed by atoms with van der Waals surface area (Å²) in [6.07, 6.45) is 1.13. The van der Waals surface area contributed by atoms with E-state index in [1.165, 1.54) is 6.92 Å². The molecule has 0 fully saturated rings. The van der Waals surface area contributed by atoms with Crippen molar-refractivity contribution >= 4 is 23.6 Å². The fraction of sp³-hybridized carbons (Fsp3) is 0.0833. The fourth-order valence-electron chi connectivity index (χ4n) is 1.20. The Kier molecular flexibility index (Phi) is 4.90. The van der Waals surface area contributed by atoms with Crippen LogP contribution in [0.3, 0.4) is 0 Å². The van der Waals surface area contributed by atoms with E-state index in [4.69, 9.17) is 5.11 Å². The second kappa shape index (κ2) is 6.41. The number of aryl methyl sites for hydroxylation is 1. The molecule has 1 rings (SSSR count). The van der Waals surface area contributed by atoms with Crippen LogP contribution in [0.25, 0.3) is 0 Å². The van der Waals surface area contributed by atoms with Crippen molar-refractivity contribution in [2.24, 2.45) is 0 Å². The van der Waals surface area contributed by atoms with Gasteiger partial charge in [0, 0.05) is 18.2 Å². The minimum absolute atomic E-state index is 0.0638. The lowest BCUT2D eigenvalue weighted by Crippen LogP contribution is -2.33. The van der Waals surface area contributed by atoms with Gasteiger partial charge in [-0.3, -0.25) is 10.1 Å². The highest BCUT2D eigenvalue weighted by Crippen LogP contribution is 2.18. The zero-order valence-electron chi connectivity index (χ0n) is 10.2. The lowest BCUT2D eigenvalue weighted by Gasteiger charge is -2.07. The third kappa shape index (κ3) is 4.48. The standard InChI is InChI=1S/C12H10F2N2O4/c1-6-4-8(14)9(5-7(6)13)15-12(20)16-10(17)2-3-11(18)19/h2-5H,1H3,(H,18,19)(H2,15,16,17,20)/b3-2+. The molecular formula is C12H10F2N2O4. The molecule has 0 heterocycles. The summed E-state index contributed by atoms with van der Waals surface area (Å²) >= 11 is 0. The molecule has 6 nitrogen and oxygen atoms in total. The third-order valence-corrected chi connectivity index (χ3v) is 2.11. The van der Waals surface area contributed by atoms with Crippen molar-refractivity contribution in [1.82, 2.24) is 5.32 Å². The van der Waals surface area contributed by atoms with Gasteiger partial charge in [0.2, 0.25) is 0 Å². The molecule has 106 valence electrons. The number of imide groups is 1. The minimum atomic E-state index is -1.37. The van der Waals surface area contributed by atoms with Gasteiger partial charge in [0.05, 0.1) is 5.69 Å². The van der Waals surface area contributed by atoms with Crippen LogP contribution in [0.1, 0.15) is 5.56 Å². The highest BCUT2D eigenvalue weighted by Gasteiger charge is 2.11. The molecule has 20 heavy (non-hydrogen) atoms. The summed E-state index contributed by atoms with van der Waals surface area (Å²) in [4.78, 5) is 32.5. The van der Waals surface area contributed by atoms with E-state index in [-0.39, 0.29) is 5.56 Å². The van der Waals surface area contributed by atoms with Gasteiger partial charge in [-0.1, -0.05) is 0 Å². The van der Waals surface area contributed by atoms with Gasteiger partial charge < -0.3 is 10.4 Å². The highest BCUT2D eigenvalue weighted by atomic mass is 19.1. The molecule has 0 bridgehead atoms. The molecular weight excluding hydrogens is 274 g/mol. The van der Waals surface area contributed by atoms with Gasteiger partial charge in [-0.25, -0.2) is 18.4 Å². The predicted octanol–water partition coefficient (Wildman–Crippen LogP) is 1.56. The number of urea groups is 1. The molecule has 0 aliphatic heterocycles. The summed E-state index contributed by atoms with van der Waals surface area (Å²) in [7, 11) is 0. The lowest BCUT2D eigenvalue weighted by molar-refractivity contribution is -0.131. The molecule has 0 unspecified atom stereocenters. The number of carbonyl (C=O) groups excluding carboxylic acids is 2. The molecule has 0 aliphatic carbocycles. The second-order valence-corrected chi connectivity index (χ2v) is 3.70. The largest absolute Gasteiger partial charge is 0.478 e. The van der Waals surface area contributed by atoms with Crippen LogP contribution in [0.2, 0.25) is 0 Å². The molecule has 3 N–H and O–H groups in total. The number of hydrogen-bond donors (Lipinski definition) is 3. The Morgan fingerprint density at radius 2 is 1.80 bits per heavy atom. The highest BCUT2D eigenvalue weighted by molar-refractivity contribution is 6.06. The van der Waals surface area contributed by atoms with E-state index < -0.39 is 35.2 Å². The molecule has 0 atom stereocenters. The van der Waals surface area contributed by atoms with E-state index >= 15 is 0 Å². The molecule has 0 aliphatic rings. The summed E-state index contributed by atoms with van der Waals surface area (Å²) in [5.41, 5.74) is -0.380. The average Bonchev–Trinajstić information content (AvgIpc) is 2.33. The number of nitrogens with one attached hydrogen (secondary N) is 2. The van der Waals surface area contributed by atoms with Crippen LogP contribution in [0.4, 0.5) is 19.3 Å². The van der Waals surface area contributed by atoms with Crippen LogP contribution in [0, 0.1) is 18.6 Å². The van der Waals surface area contributed by atoms with Gasteiger partial charge in [-0.15, -0.1) is 0 Å². The molecule has 1 aromatic carbocycles. The van der Waals surface area contributed by atoms with Crippen molar-refractivity contribution in [1.29, 1.82) is 0 Å². The Morgan fingerprint density at radius 3 is 2.40 bits per heavy atom. The molecule has 0 aromatic heterocycles. The van der Waals surface area contributed by atoms with Crippen LogP contribution in [0.5, 0.6) is 0 Å². The topological polar surface area (TPSA) is 95.5 Å². The smallest absolute Gasteiger partial charge is 0.328 e. The van der Waals surface area contributed by atoms with E-state index in [1.54, 1.807) is 5.32 Å². The van der Waals surface area contributed by atoms with Crippen molar-refractivity contribution in [3.05, 3.63) is 41.5 Å². The molecule has 8 heteroatoms. The van der Waals surface area contributed by atoms with E-state index in [0.29, 0.717) is 12.2 Å². The Hall–Kier alpha value is -2.77. The van der Waals surface area contributed by atoms with Crippen molar-refractivity contribution in [3.8, 4) is 0 Å². The first-order valence-corrected chi connectivity index (χ1v) is 5.28. The predicted molar refractivity (Wildman–Crippen MR) is 65.0 cm³/mol. The van der Waals surface area contributed by atoms with Crippen LogP contribution >= 0.6 is 0 Å². The maximum absolute atomic E-state index is 13.4. The van der Waals surface area contributed by atoms with E-state index in [9.17, 15) is 23.2 Å². The Bertz CT molecular complexity index is 599. The van der Waals surface area contributed by atoms with Gasteiger partial charge in [0.15, 0.2) is 0 Å². The summed E-state index contributed by atoms with van der Waals surface area (Å²) in [5, 5.41) is 11.9. The minimum Gasteiger partial charge on any atom is -0.478 e. The number of amides is 3. The van der Waals surface area contributed by atoms with E-state index in [2.05, 4.69) is 0 Å². The van der Waals surface area contributed by atoms with Crippen LogP contribution in [0.15, 0.2) is 24.3 Å². The zero-order valence-corrected chi connectivity index (χ0v) is 10.2. The zero-order chi connectivity index (χ0) is 15.3. The Balaban J connectivity index is 2.70. The lowest BCUT2D eigenvalue weighted by atomic mass is 10.2.